The zero-order valence-electron chi connectivity index (χ0n) is 11.1. The van der Waals surface area contributed by atoms with Crippen LogP contribution in [-0.2, 0) is 12.8 Å². The lowest BCUT2D eigenvalue weighted by molar-refractivity contribution is 0.959. The summed E-state index contributed by atoms with van der Waals surface area (Å²) in [6.45, 7) is 2.09. The number of nitrogens with zero attached hydrogens (tertiary/aromatic N) is 2. The van der Waals surface area contributed by atoms with Crippen molar-refractivity contribution in [2.75, 3.05) is 0 Å². The second-order valence-electron chi connectivity index (χ2n) is 4.84. The van der Waals surface area contributed by atoms with Crippen LogP contribution in [0.4, 0.5) is 0 Å². The van der Waals surface area contributed by atoms with E-state index in [1.807, 2.05) is 0 Å². The first kappa shape index (κ1) is 12.3. The molecular weight excluding hydrogens is 252 g/mol. The highest BCUT2D eigenvalue weighted by Gasteiger charge is 2.09. The van der Waals surface area contributed by atoms with Crippen LogP contribution < -0.4 is 0 Å². The molecule has 1 aromatic heterocycles. The minimum absolute atomic E-state index is 0.742. The Bertz CT molecular complexity index is 726. The summed E-state index contributed by atoms with van der Waals surface area (Å²) in [5, 5.41) is 0. The van der Waals surface area contributed by atoms with Gasteiger partial charge >= 0.3 is 0 Å². The van der Waals surface area contributed by atoms with Crippen LogP contribution in [0.3, 0.4) is 0 Å². The lowest BCUT2D eigenvalue weighted by Crippen LogP contribution is -1.92. The topological polar surface area (TPSA) is 17.8 Å². The molecule has 2 nitrogen and oxygen atoms in total. The van der Waals surface area contributed by atoms with Gasteiger partial charge < -0.3 is 4.57 Å². The summed E-state index contributed by atoms with van der Waals surface area (Å²) in [5.41, 5.74) is 5.80. The maximum absolute atomic E-state index is 4.75. The normalized spacial score (nSPS) is 11.1. The number of thiol groups is 1. The first-order valence-corrected chi connectivity index (χ1v) is 6.95. The third-order valence-electron chi connectivity index (χ3n) is 3.44. The van der Waals surface area contributed by atoms with Gasteiger partial charge in [-0.2, -0.15) is 12.6 Å². The molecule has 19 heavy (non-hydrogen) atoms. The third-order valence-corrected chi connectivity index (χ3v) is 3.80. The molecule has 0 N–H and O–H groups in total. The summed E-state index contributed by atoms with van der Waals surface area (Å²) >= 11 is 4.31. The van der Waals surface area contributed by atoms with Crippen LogP contribution >= 0.6 is 12.6 Å². The van der Waals surface area contributed by atoms with Crippen LogP contribution in [0.2, 0.25) is 0 Å². The molecule has 0 fully saturated rings. The summed E-state index contributed by atoms with van der Waals surface area (Å²) in [6.07, 6.45) is 0. The monoisotopic (exact) mass is 268 g/mol. The van der Waals surface area contributed by atoms with Gasteiger partial charge in [0.05, 0.1) is 11.0 Å². The Hall–Kier alpha value is -1.74. The predicted molar refractivity (Wildman–Crippen MR) is 83.6 cm³/mol. The average molecular weight is 268 g/mol. The maximum atomic E-state index is 4.75. The van der Waals surface area contributed by atoms with E-state index in [2.05, 4.69) is 73.6 Å². The molecule has 0 unspecified atom stereocenters. The van der Waals surface area contributed by atoms with Crippen LogP contribution in [0, 0.1) is 6.92 Å². The summed E-state index contributed by atoms with van der Waals surface area (Å²) < 4.78 is 2.14. The first-order chi connectivity index (χ1) is 9.19. The van der Waals surface area contributed by atoms with E-state index in [9.17, 15) is 0 Å². The molecule has 0 aliphatic rings. The SMILES string of the molecule is Cc1ccc(-c2nc3cc(CS)ccc3n2C)cc1. The standard InChI is InChI=1S/C16H16N2S/c1-11-3-6-13(7-4-11)16-17-14-9-12(10-19)5-8-15(14)18(16)2/h3-9,19H,10H2,1-2H3. The van der Waals surface area contributed by atoms with Gasteiger partial charge in [0.25, 0.3) is 0 Å². The van der Waals surface area contributed by atoms with E-state index in [-0.39, 0.29) is 0 Å². The lowest BCUT2D eigenvalue weighted by Gasteiger charge is -2.03. The number of aryl methyl sites for hydroxylation is 2. The van der Waals surface area contributed by atoms with Gasteiger partial charge in [0.2, 0.25) is 0 Å². The maximum Gasteiger partial charge on any atom is 0.140 e. The summed E-state index contributed by atoms with van der Waals surface area (Å²) in [5.74, 6) is 1.75. The number of aromatic nitrogens is 2. The third kappa shape index (κ3) is 2.15. The van der Waals surface area contributed by atoms with E-state index in [1.54, 1.807) is 0 Å². The Kier molecular flexibility index (Phi) is 3.07. The minimum atomic E-state index is 0.742. The molecular formula is C16H16N2S. The molecule has 96 valence electrons. The first-order valence-electron chi connectivity index (χ1n) is 6.32. The van der Waals surface area contributed by atoms with Crippen molar-refractivity contribution >= 4 is 23.7 Å². The number of benzene rings is 2. The Labute approximate surface area is 118 Å². The highest BCUT2D eigenvalue weighted by molar-refractivity contribution is 7.79. The Morgan fingerprint density at radius 3 is 2.53 bits per heavy atom. The fourth-order valence-electron chi connectivity index (χ4n) is 2.30. The molecule has 0 saturated heterocycles. The Morgan fingerprint density at radius 2 is 1.84 bits per heavy atom. The Balaban J connectivity index is 2.19. The van der Waals surface area contributed by atoms with E-state index >= 15 is 0 Å². The molecule has 0 amide bonds. The molecule has 0 saturated carbocycles. The van der Waals surface area contributed by atoms with Crippen LogP contribution in [-0.4, -0.2) is 9.55 Å². The molecule has 0 spiro atoms. The van der Waals surface area contributed by atoms with Gasteiger partial charge in [-0.3, -0.25) is 0 Å². The van der Waals surface area contributed by atoms with Gasteiger partial charge in [-0.25, -0.2) is 4.98 Å². The van der Waals surface area contributed by atoms with Gasteiger partial charge in [-0.15, -0.1) is 0 Å². The van der Waals surface area contributed by atoms with Crippen LogP contribution in [0.5, 0.6) is 0 Å². The highest BCUT2D eigenvalue weighted by atomic mass is 32.1. The average Bonchev–Trinajstić information content (AvgIpc) is 2.76. The van der Waals surface area contributed by atoms with Crippen molar-refractivity contribution in [2.24, 2.45) is 7.05 Å². The van der Waals surface area contributed by atoms with Crippen LogP contribution in [0.15, 0.2) is 42.5 Å². The molecule has 0 aliphatic carbocycles. The van der Waals surface area contributed by atoms with Crippen molar-refractivity contribution in [3.05, 3.63) is 53.6 Å². The molecule has 3 rings (SSSR count). The molecule has 0 atom stereocenters. The van der Waals surface area contributed by atoms with Crippen molar-refractivity contribution in [1.29, 1.82) is 0 Å². The minimum Gasteiger partial charge on any atom is -0.327 e. The molecule has 1 heterocycles. The summed E-state index contributed by atoms with van der Waals surface area (Å²) in [7, 11) is 2.06. The van der Waals surface area contributed by atoms with Crippen LogP contribution in [0.25, 0.3) is 22.4 Å². The molecule has 0 aliphatic heterocycles. The van der Waals surface area contributed by atoms with E-state index in [4.69, 9.17) is 4.98 Å². The quantitative estimate of drug-likeness (QED) is 0.696. The molecule has 3 heteroatoms. The number of rotatable bonds is 2. The highest BCUT2D eigenvalue weighted by Crippen LogP contribution is 2.24. The summed E-state index contributed by atoms with van der Waals surface area (Å²) in [4.78, 5) is 4.75. The summed E-state index contributed by atoms with van der Waals surface area (Å²) in [6, 6.07) is 14.8. The second-order valence-corrected chi connectivity index (χ2v) is 5.16. The van der Waals surface area contributed by atoms with Crippen LogP contribution in [0.1, 0.15) is 11.1 Å². The van der Waals surface area contributed by atoms with Crippen molar-refractivity contribution in [2.45, 2.75) is 12.7 Å². The van der Waals surface area contributed by atoms with Gasteiger partial charge in [0.15, 0.2) is 0 Å². The van der Waals surface area contributed by atoms with Crippen molar-refractivity contribution < 1.29 is 0 Å². The molecule has 3 aromatic rings. The predicted octanol–water partition coefficient (Wildman–Crippen LogP) is 3.98. The van der Waals surface area contributed by atoms with Gasteiger partial charge in [-0.05, 0) is 24.6 Å². The number of fused-ring (bicyclic) bond motifs is 1. The smallest absolute Gasteiger partial charge is 0.140 e. The van der Waals surface area contributed by atoms with Crippen molar-refractivity contribution in [3.8, 4) is 11.4 Å². The van der Waals surface area contributed by atoms with Gasteiger partial charge in [-0.1, -0.05) is 35.9 Å². The van der Waals surface area contributed by atoms with E-state index in [0.29, 0.717) is 0 Å². The van der Waals surface area contributed by atoms with E-state index in [0.717, 1.165) is 28.2 Å². The zero-order valence-corrected chi connectivity index (χ0v) is 12.0. The van der Waals surface area contributed by atoms with Gasteiger partial charge in [0, 0.05) is 18.4 Å². The van der Waals surface area contributed by atoms with E-state index in [1.165, 1.54) is 11.1 Å². The zero-order chi connectivity index (χ0) is 13.4. The number of hydrogen-bond acceptors (Lipinski definition) is 2. The van der Waals surface area contributed by atoms with Crippen molar-refractivity contribution in [3.63, 3.8) is 0 Å². The van der Waals surface area contributed by atoms with E-state index < -0.39 is 0 Å². The largest absolute Gasteiger partial charge is 0.327 e. The fourth-order valence-corrected chi connectivity index (χ4v) is 2.50. The fraction of sp³-hybridized carbons (Fsp3) is 0.188. The lowest BCUT2D eigenvalue weighted by atomic mass is 10.1. The Morgan fingerprint density at radius 1 is 1.11 bits per heavy atom. The number of imidazole rings is 1. The molecule has 2 aromatic carbocycles. The molecule has 0 radical (unpaired) electrons. The van der Waals surface area contributed by atoms with Gasteiger partial charge in [0.1, 0.15) is 5.82 Å². The number of hydrogen-bond donors (Lipinski definition) is 1. The molecule has 0 bridgehead atoms. The van der Waals surface area contributed by atoms with Crippen molar-refractivity contribution in [1.82, 2.24) is 9.55 Å². The second kappa shape index (κ2) is 4.74.